The fourth-order valence-corrected chi connectivity index (χ4v) is 3.43. The van der Waals surface area contributed by atoms with E-state index in [4.69, 9.17) is 21.1 Å². The van der Waals surface area contributed by atoms with Crippen LogP contribution in [-0.2, 0) is 10.2 Å². The van der Waals surface area contributed by atoms with Crippen molar-refractivity contribution in [2.75, 3.05) is 40.5 Å². The van der Waals surface area contributed by atoms with Gasteiger partial charge in [-0.3, -0.25) is 4.99 Å². The summed E-state index contributed by atoms with van der Waals surface area (Å²) < 4.78 is 11.2. The van der Waals surface area contributed by atoms with Crippen molar-refractivity contribution in [3.63, 3.8) is 0 Å². The molecule has 0 radical (unpaired) electrons. The van der Waals surface area contributed by atoms with E-state index in [0.717, 1.165) is 74.3 Å². The predicted octanol–water partition coefficient (Wildman–Crippen LogP) is 3.36. The normalized spacial score (nSPS) is 17.2. The Kier molecular flexibility index (Phi) is 7.85. The Balaban J connectivity index is 2.19. The van der Waals surface area contributed by atoms with Crippen LogP contribution in [-0.4, -0.2) is 46.4 Å². The lowest BCUT2D eigenvalue weighted by Gasteiger charge is -2.39. The molecule has 0 atom stereocenters. The highest BCUT2D eigenvalue weighted by atomic mass is 35.5. The summed E-state index contributed by atoms with van der Waals surface area (Å²) in [6.45, 7) is 5.34. The van der Waals surface area contributed by atoms with Crippen molar-refractivity contribution in [3.8, 4) is 5.75 Å². The summed E-state index contributed by atoms with van der Waals surface area (Å²) >= 11 is 6.29. The lowest BCUT2D eigenvalue weighted by Crippen LogP contribution is -2.48. The van der Waals surface area contributed by atoms with E-state index < -0.39 is 0 Å². The lowest BCUT2D eigenvalue weighted by molar-refractivity contribution is 0.0505. The van der Waals surface area contributed by atoms with Crippen LogP contribution in [0.2, 0.25) is 5.02 Å². The summed E-state index contributed by atoms with van der Waals surface area (Å²) in [7, 11) is 3.51. The second kappa shape index (κ2) is 9.88. The summed E-state index contributed by atoms with van der Waals surface area (Å²) in [6, 6.07) is 5.85. The topological polar surface area (TPSA) is 54.9 Å². The molecule has 1 aromatic carbocycles. The number of nitrogens with zero attached hydrogens (tertiary/aromatic N) is 1. The van der Waals surface area contributed by atoms with Crippen LogP contribution in [0.15, 0.2) is 23.2 Å². The first-order chi connectivity index (χ1) is 12.1. The third-order valence-corrected chi connectivity index (χ3v) is 5.06. The second-order valence-electron chi connectivity index (χ2n) is 6.44. The molecule has 2 rings (SSSR count). The molecule has 0 amide bonds. The van der Waals surface area contributed by atoms with E-state index in [1.807, 2.05) is 18.2 Å². The van der Waals surface area contributed by atoms with Gasteiger partial charge >= 0.3 is 0 Å². The SMILES string of the molecule is CCCCNC(=NC)NCC1(c2cc(Cl)ccc2OC)CCOCC1. The van der Waals surface area contributed by atoms with Gasteiger partial charge in [-0.1, -0.05) is 24.9 Å². The number of nitrogens with one attached hydrogen (secondary N) is 2. The molecule has 0 spiro atoms. The van der Waals surface area contributed by atoms with Gasteiger partial charge in [0, 0.05) is 49.4 Å². The molecule has 0 aromatic heterocycles. The Bertz CT molecular complexity index is 572. The summed E-state index contributed by atoms with van der Waals surface area (Å²) in [5.41, 5.74) is 1.05. The zero-order chi connectivity index (χ0) is 18.1. The number of ether oxygens (including phenoxy) is 2. The van der Waals surface area contributed by atoms with Crippen LogP contribution in [0.3, 0.4) is 0 Å². The number of aliphatic imine (C=N–C) groups is 1. The van der Waals surface area contributed by atoms with Crippen molar-refractivity contribution in [2.45, 2.75) is 38.0 Å². The molecule has 0 unspecified atom stereocenters. The van der Waals surface area contributed by atoms with Gasteiger partial charge in [0.05, 0.1) is 7.11 Å². The minimum absolute atomic E-state index is 0.0864. The number of halogens is 1. The monoisotopic (exact) mass is 367 g/mol. The fourth-order valence-electron chi connectivity index (χ4n) is 3.26. The van der Waals surface area contributed by atoms with Crippen molar-refractivity contribution in [3.05, 3.63) is 28.8 Å². The van der Waals surface area contributed by atoms with Crippen molar-refractivity contribution in [2.24, 2.45) is 4.99 Å². The predicted molar refractivity (Wildman–Crippen MR) is 104 cm³/mol. The molecule has 6 heteroatoms. The van der Waals surface area contributed by atoms with E-state index >= 15 is 0 Å². The summed E-state index contributed by atoms with van der Waals surface area (Å²) in [5.74, 6) is 1.71. The molecule has 0 bridgehead atoms. The van der Waals surface area contributed by atoms with Crippen molar-refractivity contribution in [1.82, 2.24) is 10.6 Å². The highest BCUT2D eigenvalue weighted by Gasteiger charge is 2.37. The molecule has 1 aliphatic rings. The minimum Gasteiger partial charge on any atom is -0.496 e. The molecule has 25 heavy (non-hydrogen) atoms. The number of rotatable bonds is 7. The minimum atomic E-state index is -0.0864. The summed E-state index contributed by atoms with van der Waals surface area (Å²) in [5, 5.41) is 7.59. The molecule has 1 aromatic rings. The molecule has 2 N–H and O–H groups in total. The molecule has 0 aliphatic carbocycles. The van der Waals surface area contributed by atoms with E-state index in [0.29, 0.717) is 0 Å². The number of hydrogen-bond acceptors (Lipinski definition) is 3. The molecule has 5 nitrogen and oxygen atoms in total. The first-order valence-electron chi connectivity index (χ1n) is 9.01. The van der Waals surface area contributed by atoms with Gasteiger partial charge in [-0.05, 0) is 37.5 Å². The Morgan fingerprint density at radius 3 is 2.72 bits per heavy atom. The third kappa shape index (κ3) is 5.25. The van der Waals surface area contributed by atoms with Crippen LogP contribution < -0.4 is 15.4 Å². The number of hydrogen-bond donors (Lipinski definition) is 2. The van der Waals surface area contributed by atoms with Gasteiger partial charge in [0.2, 0.25) is 0 Å². The fraction of sp³-hybridized carbons (Fsp3) is 0.632. The number of guanidine groups is 1. The Labute approximate surface area is 156 Å². The molecule has 0 saturated carbocycles. The standard InChI is InChI=1S/C19H30ClN3O2/c1-4-5-10-22-18(21-2)23-14-19(8-11-25-12-9-19)16-13-15(20)6-7-17(16)24-3/h6-7,13H,4-5,8-12,14H2,1-3H3,(H2,21,22,23). The van der Waals surface area contributed by atoms with Crippen molar-refractivity contribution < 1.29 is 9.47 Å². The molecular formula is C19H30ClN3O2. The summed E-state index contributed by atoms with van der Waals surface area (Å²) in [4.78, 5) is 4.34. The van der Waals surface area contributed by atoms with E-state index in [2.05, 4.69) is 22.5 Å². The van der Waals surface area contributed by atoms with Gasteiger partial charge < -0.3 is 20.1 Å². The van der Waals surface area contributed by atoms with Gasteiger partial charge in [-0.15, -0.1) is 0 Å². The zero-order valence-corrected chi connectivity index (χ0v) is 16.3. The van der Waals surface area contributed by atoms with E-state index in [1.165, 1.54) is 0 Å². The molecule has 1 saturated heterocycles. The van der Waals surface area contributed by atoms with Crippen LogP contribution in [0.25, 0.3) is 0 Å². The second-order valence-corrected chi connectivity index (χ2v) is 6.88. The van der Waals surface area contributed by atoms with E-state index in [-0.39, 0.29) is 5.41 Å². The van der Waals surface area contributed by atoms with Crippen LogP contribution >= 0.6 is 11.6 Å². The largest absolute Gasteiger partial charge is 0.496 e. The molecule has 140 valence electrons. The van der Waals surface area contributed by atoms with Gasteiger partial charge in [0.25, 0.3) is 0 Å². The Hall–Kier alpha value is -1.46. The number of unbranched alkanes of at least 4 members (excludes halogenated alkanes) is 1. The van der Waals surface area contributed by atoms with Gasteiger partial charge in [-0.25, -0.2) is 0 Å². The third-order valence-electron chi connectivity index (χ3n) is 4.82. The van der Waals surface area contributed by atoms with Crippen LogP contribution in [0.5, 0.6) is 5.75 Å². The first-order valence-corrected chi connectivity index (χ1v) is 9.39. The maximum Gasteiger partial charge on any atom is 0.191 e. The maximum atomic E-state index is 6.29. The quantitative estimate of drug-likeness (QED) is 0.441. The highest BCUT2D eigenvalue weighted by molar-refractivity contribution is 6.30. The van der Waals surface area contributed by atoms with Crippen molar-refractivity contribution in [1.29, 1.82) is 0 Å². The lowest BCUT2D eigenvalue weighted by atomic mass is 9.73. The van der Waals surface area contributed by atoms with E-state index in [9.17, 15) is 0 Å². The molecule has 1 heterocycles. The summed E-state index contributed by atoms with van der Waals surface area (Å²) in [6.07, 6.45) is 4.12. The Morgan fingerprint density at radius 2 is 2.08 bits per heavy atom. The average molecular weight is 368 g/mol. The highest BCUT2D eigenvalue weighted by Crippen LogP contribution is 2.40. The number of methoxy groups -OCH3 is 1. The average Bonchev–Trinajstić information content (AvgIpc) is 2.65. The first kappa shape index (κ1) is 19.9. The van der Waals surface area contributed by atoms with Crippen molar-refractivity contribution >= 4 is 17.6 Å². The smallest absolute Gasteiger partial charge is 0.191 e. The zero-order valence-electron chi connectivity index (χ0n) is 15.5. The molecular weight excluding hydrogens is 338 g/mol. The van der Waals surface area contributed by atoms with Crippen LogP contribution in [0, 0.1) is 0 Å². The van der Waals surface area contributed by atoms with Gasteiger partial charge in [-0.2, -0.15) is 0 Å². The Morgan fingerprint density at radius 1 is 1.32 bits per heavy atom. The number of benzene rings is 1. The van der Waals surface area contributed by atoms with Crippen LogP contribution in [0.4, 0.5) is 0 Å². The van der Waals surface area contributed by atoms with Gasteiger partial charge in [0.15, 0.2) is 5.96 Å². The van der Waals surface area contributed by atoms with Crippen LogP contribution in [0.1, 0.15) is 38.2 Å². The van der Waals surface area contributed by atoms with Gasteiger partial charge in [0.1, 0.15) is 5.75 Å². The maximum absolute atomic E-state index is 6.29. The van der Waals surface area contributed by atoms with E-state index in [1.54, 1.807) is 14.2 Å². The molecule has 1 aliphatic heterocycles. The molecule has 1 fully saturated rings.